The fourth-order valence-corrected chi connectivity index (χ4v) is 4.40. The second-order valence-corrected chi connectivity index (χ2v) is 7.82. The maximum atomic E-state index is 13.2. The number of likely N-dealkylation sites (N-methyl/N-ethyl adjacent to an activating group) is 1. The van der Waals surface area contributed by atoms with E-state index >= 15 is 0 Å². The molecule has 0 spiro atoms. The number of carbonyl (C=O) groups excluding carboxylic acids is 1. The van der Waals surface area contributed by atoms with Gasteiger partial charge in [0.25, 0.3) is 0 Å². The van der Waals surface area contributed by atoms with Gasteiger partial charge in [-0.2, -0.15) is 0 Å². The first kappa shape index (κ1) is 16.5. The second-order valence-electron chi connectivity index (χ2n) is 6.35. The molecule has 1 aliphatic carbocycles. The highest BCUT2D eigenvalue weighted by Crippen LogP contribution is 2.42. The van der Waals surface area contributed by atoms with Crippen LogP contribution in [0.5, 0.6) is 0 Å². The smallest absolute Gasteiger partial charge is 0.232 e. The molecule has 1 aromatic heterocycles. The Morgan fingerprint density at radius 3 is 2.52 bits per heavy atom. The number of thiophene rings is 1. The topological polar surface area (TPSA) is 20.3 Å². The van der Waals surface area contributed by atoms with Gasteiger partial charge in [0.15, 0.2) is 0 Å². The molecule has 0 aliphatic heterocycles. The lowest BCUT2D eigenvalue weighted by Gasteiger charge is -2.33. The third-order valence-corrected chi connectivity index (χ3v) is 6.07. The summed E-state index contributed by atoms with van der Waals surface area (Å²) in [7, 11) is 1.94. The van der Waals surface area contributed by atoms with Crippen LogP contribution >= 0.6 is 22.9 Å². The summed E-state index contributed by atoms with van der Waals surface area (Å²) in [5.74, 6) is 0.258. The Bertz CT molecular complexity index is 645. The first-order valence-corrected chi connectivity index (χ1v) is 9.41. The van der Waals surface area contributed by atoms with Gasteiger partial charge in [0.05, 0.1) is 5.41 Å². The minimum Gasteiger partial charge on any atom is -0.345 e. The summed E-state index contributed by atoms with van der Waals surface area (Å²) >= 11 is 7.77. The average molecular weight is 348 g/mol. The molecule has 23 heavy (non-hydrogen) atoms. The van der Waals surface area contributed by atoms with Crippen molar-refractivity contribution < 1.29 is 4.79 Å². The van der Waals surface area contributed by atoms with E-state index in [4.69, 9.17) is 11.6 Å². The van der Waals surface area contributed by atoms with E-state index in [1.54, 1.807) is 11.3 Å². The van der Waals surface area contributed by atoms with E-state index in [0.717, 1.165) is 49.2 Å². The van der Waals surface area contributed by atoms with Gasteiger partial charge in [-0.3, -0.25) is 4.79 Å². The fourth-order valence-electron chi connectivity index (χ4n) is 3.57. The molecule has 1 aliphatic rings. The molecule has 1 saturated carbocycles. The van der Waals surface area contributed by atoms with Crippen molar-refractivity contribution >= 4 is 28.8 Å². The summed E-state index contributed by atoms with van der Waals surface area (Å²) in [4.78, 5) is 16.5. The van der Waals surface area contributed by atoms with Gasteiger partial charge < -0.3 is 4.90 Å². The zero-order valence-corrected chi connectivity index (χ0v) is 15.0. The lowest BCUT2D eigenvalue weighted by atomic mass is 9.77. The van der Waals surface area contributed by atoms with Crippen molar-refractivity contribution in [3.8, 4) is 0 Å². The molecule has 0 saturated heterocycles. The first-order valence-electron chi connectivity index (χ1n) is 8.16. The van der Waals surface area contributed by atoms with Gasteiger partial charge in [0, 0.05) is 23.5 Å². The zero-order chi connectivity index (χ0) is 16.3. The van der Waals surface area contributed by atoms with Gasteiger partial charge >= 0.3 is 0 Å². The average Bonchev–Trinajstić information content (AvgIpc) is 3.24. The van der Waals surface area contributed by atoms with Crippen molar-refractivity contribution in [3.63, 3.8) is 0 Å². The van der Waals surface area contributed by atoms with Crippen LogP contribution in [-0.4, -0.2) is 24.4 Å². The van der Waals surface area contributed by atoms with Crippen molar-refractivity contribution in [1.29, 1.82) is 0 Å². The van der Waals surface area contributed by atoms with E-state index in [1.807, 2.05) is 36.2 Å². The molecule has 0 atom stereocenters. The monoisotopic (exact) mass is 347 g/mol. The maximum Gasteiger partial charge on any atom is 0.232 e. The van der Waals surface area contributed by atoms with Crippen LogP contribution in [0.1, 0.15) is 36.1 Å². The van der Waals surface area contributed by atoms with Crippen LogP contribution in [0.15, 0.2) is 41.8 Å². The number of benzene rings is 1. The summed E-state index contributed by atoms with van der Waals surface area (Å²) in [6, 6.07) is 12.0. The standard InChI is InChI=1S/C19H22ClNOS/c1-21(13-10-17-5-4-14-23-17)18(22)19(11-2-3-12-19)15-6-8-16(20)9-7-15/h4-9,14H,2-3,10-13H2,1H3. The molecule has 2 nitrogen and oxygen atoms in total. The van der Waals surface area contributed by atoms with Crippen molar-refractivity contribution in [2.45, 2.75) is 37.5 Å². The molecule has 0 bridgehead atoms. The Labute approximate surface area is 147 Å². The summed E-state index contributed by atoms with van der Waals surface area (Å²) in [5.41, 5.74) is 0.766. The Hall–Kier alpha value is -1.32. The predicted octanol–water partition coefficient (Wildman–Crippen LogP) is 4.91. The summed E-state index contributed by atoms with van der Waals surface area (Å²) in [6.45, 7) is 0.773. The third kappa shape index (κ3) is 3.46. The Morgan fingerprint density at radius 1 is 1.22 bits per heavy atom. The molecule has 1 aromatic carbocycles. The number of hydrogen-bond acceptors (Lipinski definition) is 2. The Kier molecular flexibility index (Phi) is 5.08. The minimum absolute atomic E-state index is 0.258. The van der Waals surface area contributed by atoms with E-state index in [1.165, 1.54) is 4.88 Å². The molecule has 0 radical (unpaired) electrons. The maximum absolute atomic E-state index is 13.2. The molecule has 0 N–H and O–H groups in total. The van der Waals surface area contributed by atoms with Gasteiger partial charge in [0.1, 0.15) is 0 Å². The molecular formula is C19H22ClNOS. The first-order chi connectivity index (χ1) is 11.1. The van der Waals surface area contributed by atoms with E-state index in [-0.39, 0.29) is 11.3 Å². The summed E-state index contributed by atoms with van der Waals surface area (Å²) in [5, 5.41) is 2.81. The van der Waals surface area contributed by atoms with Crippen molar-refractivity contribution in [1.82, 2.24) is 4.90 Å². The van der Waals surface area contributed by atoms with Crippen molar-refractivity contribution in [2.75, 3.05) is 13.6 Å². The van der Waals surface area contributed by atoms with Gasteiger partial charge in [-0.05, 0) is 48.4 Å². The quantitative estimate of drug-likeness (QED) is 0.752. The number of hydrogen-bond donors (Lipinski definition) is 0. The molecule has 2 aromatic rings. The van der Waals surface area contributed by atoms with E-state index < -0.39 is 0 Å². The Balaban J connectivity index is 1.77. The third-order valence-electron chi connectivity index (χ3n) is 4.88. The normalized spacial score (nSPS) is 16.4. The van der Waals surface area contributed by atoms with Crippen LogP contribution in [0.4, 0.5) is 0 Å². The SMILES string of the molecule is CN(CCc1cccs1)C(=O)C1(c2ccc(Cl)cc2)CCCC1. The van der Waals surface area contributed by atoms with Crippen LogP contribution in [0.25, 0.3) is 0 Å². The summed E-state index contributed by atoms with van der Waals surface area (Å²) in [6.07, 6.45) is 5.05. The highest BCUT2D eigenvalue weighted by molar-refractivity contribution is 7.09. The van der Waals surface area contributed by atoms with Crippen LogP contribution in [0.2, 0.25) is 5.02 Å². The van der Waals surface area contributed by atoms with Crippen molar-refractivity contribution in [2.24, 2.45) is 0 Å². The van der Waals surface area contributed by atoms with Crippen LogP contribution < -0.4 is 0 Å². The number of amides is 1. The Morgan fingerprint density at radius 2 is 1.91 bits per heavy atom. The highest BCUT2D eigenvalue weighted by Gasteiger charge is 2.44. The molecular weight excluding hydrogens is 326 g/mol. The zero-order valence-electron chi connectivity index (χ0n) is 13.4. The van der Waals surface area contributed by atoms with Crippen molar-refractivity contribution in [3.05, 3.63) is 57.2 Å². The van der Waals surface area contributed by atoms with Crippen LogP contribution in [0.3, 0.4) is 0 Å². The molecule has 3 rings (SSSR count). The van der Waals surface area contributed by atoms with Gasteiger partial charge in [-0.25, -0.2) is 0 Å². The minimum atomic E-state index is -0.352. The van der Waals surface area contributed by atoms with E-state index in [9.17, 15) is 4.79 Å². The molecule has 4 heteroatoms. The number of nitrogens with zero attached hydrogens (tertiary/aromatic N) is 1. The van der Waals surface area contributed by atoms with E-state index in [0.29, 0.717) is 0 Å². The lowest BCUT2D eigenvalue weighted by molar-refractivity contribution is -0.136. The molecule has 0 unspecified atom stereocenters. The van der Waals surface area contributed by atoms with Gasteiger partial charge in [-0.15, -0.1) is 11.3 Å². The molecule has 1 fully saturated rings. The van der Waals surface area contributed by atoms with E-state index in [2.05, 4.69) is 17.5 Å². The second kappa shape index (κ2) is 7.06. The number of rotatable bonds is 5. The molecule has 122 valence electrons. The largest absolute Gasteiger partial charge is 0.345 e. The van der Waals surface area contributed by atoms with Gasteiger partial charge in [-0.1, -0.05) is 42.6 Å². The molecule has 1 amide bonds. The predicted molar refractivity (Wildman–Crippen MR) is 97.3 cm³/mol. The highest BCUT2D eigenvalue weighted by atomic mass is 35.5. The van der Waals surface area contributed by atoms with Crippen LogP contribution in [0, 0.1) is 0 Å². The summed E-state index contributed by atoms with van der Waals surface area (Å²) < 4.78 is 0. The van der Waals surface area contributed by atoms with Gasteiger partial charge in [0.2, 0.25) is 5.91 Å². The van der Waals surface area contributed by atoms with Crippen LogP contribution in [-0.2, 0) is 16.6 Å². The fraction of sp³-hybridized carbons (Fsp3) is 0.421. The number of carbonyl (C=O) groups is 1. The lowest BCUT2D eigenvalue weighted by Crippen LogP contribution is -2.44. The molecule has 1 heterocycles. The number of halogens is 1.